The molecule has 0 saturated carbocycles. The Labute approximate surface area is 86.5 Å². The molecule has 0 aromatic carbocycles. The molecule has 0 spiro atoms. The molecule has 0 aliphatic heterocycles. The second kappa shape index (κ2) is 5.59. The van der Waals surface area contributed by atoms with E-state index in [-0.39, 0.29) is 6.29 Å². The van der Waals surface area contributed by atoms with Gasteiger partial charge in [0.1, 0.15) is 4.34 Å². The highest BCUT2D eigenvalue weighted by Crippen LogP contribution is 2.23. The van der Waals surface area contributed by atoms with Gasteiger partial charge in [-0.15, -0.1) is 11.3 Å². The van der Waals surface area contributed by atoms with Crippen LogP contribution in [0.15, 0.2) is 9.72 Å². The van der Waals surface area contributed by atoms with Crippen LogP contribution < -0.4 is 0 Å². The maximum Gasteiger partial charge on any atom is 0.166 e. The van der Waals surface area contributed by atoms with Crippen LogP contribution >= 0.6 is 23.1 Å². The van der Waals surface area contributed by atoms with Crippen molar-refractivity contribution in [2.45, 2.75) is 17.6 Å². The van der Waals surface area contributed by atoms with Crippen molar-refractivity contribution >= 4 is 23.1 Å². The first kappa shape index (κ1) is 11.0. The first-order chi connectivity index (χ1) is 6.26. The minimum Gasteiger partial charge on any atom is -0.355 e. The van der Waals surface area contributed by atoms with E-state index in [1.165, 1.54) is 0 Å². The second-order valence-electron chi connectivity index (χ2n) is 2.47. The van der Waals surface area contributed by atoms with Gasteiger partial charge in [-0.05, 0) is 6.92 Å². The van der Waals surface area contributed by atoms with Gasteiger partial charge in [0, 0.05) is 25.3 Å². The van der Waals surface area contributed by atoms with E-state index in [9.17, 15) is 0 Å². The van der Waals surface area contributed by atoms with E-state index in [1.807, 2.05) is 12.3 Å². The summed E-state index contributed by atoms with van der Waals surface area (Å²) in [5.74, 6) is 0.778. The molecule has 0 bridgehead atoms. The number of thioether (sulfide) groups is 1. The summed E-state index contributed by atoms with van der Waals surface area (Å²) in [6.45, 7) is 1.99. The Morgan fingerprint density at radius 1 is 1.54 bits per heavy atom. The highest BCUT2D eigenvalue weighted by Gasteiger charge is 2.07. The van der Waals surface area contributed by atoms with Gasteiger partial charge in [-0.2, -0.15) is 0 Å². The van der Waals surface area contributed by atoms with Gasteiger partial charge in [0.05, 0.1) is 5.75 Å². The van der Waals surface area contributed by atoms with Gasteiger partial charge in [0.25, 0.3) is 0 Å². The SMILES string of the molecule is COC(CSc1nc(C)cs1)OC. The van der Waals surface area contributed by atoms with Gasteiger partial charge in [-0.1, -0.05) is 11.8 Å². The smallest absolute Gasteiger partial charge is 0.166 e. The fourth-order valence-electron chi connectivity index (χ4n) is 0.770. The van der Waals surface area contributed by atoms with E-state index in [0.29, 0.717) is 0 Å². The highest BCUT2D eigenvalue weighted by atomic mass is 32.2. The Kier molecular flexibility index (Phi) is 4.72. The van der Waals surface area contributed by atoms with Crippen LogP contribution in [0.5, 0.6) is 0 Å². The second-order valence-corrected chi connectivity index (χ2v) is 4.59. The number of aromatic nitrogens is 1. The standard InChI is InChI=1S/C8H13NO2S2/c1-6-4-12-8(9-6)13-5-7(10-2)11-3/h4,7H,5H2,1-3H3. The first-order valence-corrected chi connectivity index (χ1v) is 5.73. The van der Waals surface area contributed by atoms with Crippen LogP contribution in [-0.4, -0.2) is 31.2 Å². The Bertz CT molecular complexity index is 248. The molecule has 1 aromatic rings. The molecule has 1 heterocycles. The number of nitrogens with zero attached hydrogens (tertiary/aromatic N) is 1. The Morgan fingerprint density at radius 3 is 2.69 bits per heavy atom. The molecule has 13 heavy (non-hydrogen) atoms. The predicted molar refractivity (Wildman–Crippen MR) is 55.4 cm³/mol. The lowest BCUT2D eigenvalue weighted by molar-refractivity contribution is -0.0842. The summed E-state index contributed by atoms with van der Waals surface area (Å²) in [6.07, 6.45) is -0.144. The summed E-state index contributed by atoms with van der Waals surface area (Å²) >= 11 is 3.31. The molecular formula is C8H13NO2S2. The summed E-state index contributed by atoms with van der Waals surface area (Å²) in [7, 11) is 3.28. The lowest BCUT2D eigenvalue weighted by Crippen LogP contribution is -2.15. The summed E-state index contributed by atoms with van der Waals surface area (Å²) < 4.78 is 11.2. The Morgan fingerprint density at radius 2 is 2.23 bits per heavy atom. The van der Waals surface area contributed by atoms with Crippen molar-refractivity contribution in [3.05, 3.63) is 11.1 Å². The number of methoxy groups -OCH3 is 2. The van der Waals surface area contributed by atoms with Crippen LogP contribution in [0.25, 0.3) is 0 Å². The number of hydrogen-bond donors (Lipinski definition) is 0. The molecule has 0 fully saturated rings. The zero-order valence-corrected chi connectivity index (χ0v) is 9.58. The highest BCUT2D eigenvalue weighted by molar-refractivity contribution is 8.01. The van der Waals surface area contributed by atoms with E-state index >= 15 is 0 Å². The topological polar surface area (TPSA) is 31.4 Å². The Hall–Kier alpha value is -0.100. The third kappa shape index (κ3) is 3.64. The molecule has 5 heteroatoms. The van der Waals surface area contributed by atoms with E-state index in [0.717, 1.165) is 15.8 Å². The van der Waals surface area contributed by atoms with Crippen LogP contribution in [0, 0.1) is 6.92 Å². The van der Waals surface area contributed by atoms with Gasteiger partial charge in [0.2, 0.25) is 0 Å². The monoisotopic (exact) mass is 219 g/mol. The number of aryl methyl sites for hydroxylation is 1. The quantitative estimate of drug-likeness (QED) is 0.561. The summed E-state index contributed by atoms with van der Waals surface area (Å²) in [5, 5.41) is 2.04. The van der Waals surface area contributed by atoms with E-state index in [1.54, 1.807) is 37.3 Å². The van der Waals surface area contributed by atoms with Crippen LogP contribution in [0.1, 0.15) is 5.69 Å². The van der Waals surface area contributed by atoms with Crippen LogP contribution in [-0.2, 0) is 9.47 Å². The Balaban J connectivity index is 2.33. The van der Waals surface area contributed by atoms with E-state index in [4.69, 9.17) is 9.47 Å². The molecule has 0 amide bonds. The van der Waals surface area contributed by atoms with Gasteiger partial charge >= 0.3 is 0 Å². The number of thiazole rings is 1. The van der Waals surface area contributed by atoms with Crippen molar-refractivity contribution in [3.8, 4) is 0 Å². The maximum atomic E-state index is 5.06. The van der Waals surface area contributed by atoms with Crippen LogP contribution in [0.3, 0.4) is 0 Å². The van der Waals surface area contributed by atoms with Crippen LogP contribution in [0.4, 0.5) is 0 Å². The van der Waals surface area contributed by atoms with Crippen molar-refractivity contribution in [1.82, 2.24) is 4.98 Å². The zero-order valence-electron chi connectivity index (χ0n) is 7.94. The molecule has 1 aromatic heterocycles. The minimum atomic E-state index is -0.144. The lowest BCUT2D eigenvalue weighted by atomic mass is 10.6. The first-order valence-electron chi connectivity index (χ1n) is 3.86. The van der Waals surface area contributed by atoms with Gasteiger partial charge in [-0.3, -0.25) is 0 Å². The van der Waals surface area contributed by atoms with Crippen molar-refractivity contribution in [2.24, 2.45) is 0 Å². The minimum absolute atomic E-state index is 0.144. The van der Waals surface area contributed by atoms with Crippen molar-refractivity contribution in [2.75, 3.05) is 20.0 Å². The summed E-state index contributed by atoms with van der Waals surface area (Å²) in [5.41, 5.74) is 1.07. The van der Waals surface area contributed by atoms with Crippen molar-refractivity contribution in [1.29, 1.82) is 0 Å². The molecule has 3 nitrogen and oxygen atoms in total. The normalized spacial score (nSPS) is 11.1. The maximum absolute atomic E-state index is 5.06. The number of ether oxygens (including phenoxy) is 2. The third-order valence-electron chi connectivity index (χ3n) is 1.47. The average Bonchev–Trinajstić information content (AvgIpc) is 2.53. The summed E-state index contributed by atoms with van der Waals surface area (Å²) in [6, 6.07) is 0. The zero-order chi connectivity index (χ0) is 9.68. The van der Waals surface area contributed by atoms with Crippen molar-refractivity contribution < 1.29 is 9.47 Å². The fourth-order valence-corrected chi connectivity index (χ4v) is 2.67. The molecule has 0 atom stereocenters. The molecule has 0 saturated heterocycles. The molecule has 0 radical (unpaired) electrons. The molecular weight excluding hydrogens is 206 g/mol. The number of hydrogen-bond acceptors (Lipinski definition) is 5. The van der Waals surface area contributed by atoms with Crippen LogP contribution in [0.2, 0.25) is 0 Å². The van der Waals surface area contributed by atoms with Gasteiger partial charge in [0.15, 0.2) is 6.29 Å². The lowest BCUT2D eigenvalue weighted by Gasteiger charge is -2.10. The van der Waals surface area contributed by atoms with E-state index < -0.39 is 0 Å². The molecule has 0 unspecified atom stereocenters. The molecule has 74 valence electrons. The predicted octanol–water partition coefficient (Wildman–Crippen LogP) is 2.16. The molecule has 0 N–H and O–H groups in total. The largest absolute Gasteiger partial charge is 0.355 e. The molecule has 0 aliphatic rings. The van der Waals surface area contributed by atoms with Gasteiger partial charge in [-0.25, -0.2) is 4.98 Å². The average molecular weight is 219 g/mol. The summed E-state index contributed by atoms with van der Waals surface area (Å²) in [4.78, 5) is 4.32. The fraction of sp³-hybridized carbons (Fsp3) is 0.625. The van der Waals surface area contributed by atoms with E-state index in [2.05, 4.69) is 4.98 Å². The molecule has 1 rings (SSSR count). The molecule has 0 aliphatic carbocycles. The number of rotatable bonds is 5. The third-order valence-corrected chi connectivity index (χ3v) is 3.64. The van der Waals surface area contributed by atoms with Gasteiger partial charge < -0.3 is 9.47 Å². The van der Waals surface area contributed by atoms with Crippen molar-refractivity contribution in [3.63, 3.8) is 0 Å².